The standard InChI is InChI=1S/C14H9F4O2.Y/c1-8-4-9(15)6-11(5-8)20-14(17,18)12-3-2-10(19)7-13(12)16;/h2-3,5-7,19H,1H3;/q-1;+3. The molecule has 0 bridgehead atoms. The van der Waals surface area contributed by atoms with Gasteiger partial charge in [0.05, 0.1) is 0 Å². The fourth-order valence-corrected chi connectivity index (χ4v) is 1.64. The molecule has 0 aliphatic carbocycles. The van der Waals surface area contributed by atoms with Gasteiger partial charge in [0, 0.05) is 17.6 Å². The van der Waals surface area contributed by atoms with Gasteiger partial charge in [-0.2, -0.15) is 14.3 Å². The van der Waals surface area contributed by atoms with E-state index in [1.807, 2.05) is 0 Å². The third-order valence-electron chi connectivity index (χ3n) is 2.46. The Morgan fingerprint density at radius 1 is 1.14 bits per heavy atom. The molecule has 0 unspecified atom stereocenters. The van der Waals surface area contributed by atoms with Gasteiger partial charge in [0.2, 0.25) is 0 Å². The van der Waals surface area contributed by atoms with Gasteiger partial charge in [-0.25, -0.2) is 8.78 Å². The molecule has 7 heteroatoms. The summed E-state index contributed by atoms with van der Waals surface area (Å²) < 4.78 is 58.5. The third kappa shape index (κ3) is 4.41. The first-order valence-corrected chi connectivity index (χ1v) is 5.53. The maximum atomic E-state index is 13.8. The maximum Gasteiger partial charge on any atom is 3.00 e. The van der Waals surface area contributed by atoms with E-state index in [1.54, 1.807) is 0 Å². The molecule has 2 aromatic rings. The number of hydrogen-bond acceptors (Lipinski definition) is 2. The van der Waals surface area contributed by atoms with Gasteiger partial charge >= 0.3 is 38.8 Å². The van der Waals surface area contributed by atoms with Gasteiger partial charge < -0.3 is 9.84 Å². The minimum absolute atomic E-state index is 0. The first kappa shape index (κ1) is 17.9. The zero-order chi connectivity index (χ0) is 14.9. The summed E-state index contributed by atoms with van der Waals surface area (Å²) in [5, 5.41) is 8.99. The van der Waals surface area contributed by atoms with E-state index in [1.165, 1.54) is 6.92 Å². The smallest absolute Gasteiger partial charge is 0.508 e. The van der Waals surface area contributed by atoms with Crippen molar-refractivity contribution in [3.05, 3.63) is 59.2 Å². The topological polar surface area (TPSA) is 29.5 Å². The minimum atomic E-state index is -4.00. The molecule has 2 rings (SSSR count). The van der Waals surface area contributed by atoms with E-state index in [9.17, 15) is 17.6 Å². The Kier molecular flexibility index (Phi) is 5.76. The molecule has 106 valence electrons. The quantitative estimate of drug-likeness (QED) is 0.652. The van der Waals surface area contributed by atoms with Crippen LogP contribution in [0.4, 0.5) is 17.6 Å². The van der Waals surface area contributed by atoms with E-state index in [0.29, 0.717) is 12.1 Å². The Bertz CT molecular complexity index is 627. The van der Waals surface area contributed by atoms with Gasteiger partial charge in [-0.1, -0.05) is 13.0 Å². The SMILES string of the molecule is Cc1[c-]c(F)cc(OC(F)(F)c2ccc(O)cc2F)c1.[Y+3]. The number of aryl methyl sites for hydroxylation is 1. The van der Waals surface area contributed by atoms with Crippen molar-refractivity contribution in [3.63, 3.8) is 0 Å². The molecule has 21 heavy (non-hydrogen) atoms. The molecular weight excluding hydrogens is 365 g/mol. The van der Waals surface area contributed by atoms with Crippen LogP contribution < -0.4 is 4.74 Å². The van der Waals surface area contributed by atoms with Gasteiger partial charge in [-0.05, 0) is 12.1 Å². The fraction of sp³-hybridized carbons (Fsp3) is 0.143. The van der Waals surface area contributed by atoms with E-state index >= 15 is 0 Å². The van der Waals surface area contributed by atoms with Crippen molar-refractivity contribution in [2.24, 2.45) is 0 Å². The van der Waals surface area contributed by atoms with Crippen molar-refractivity contribution in [3.8, 4) is 11.5 Å². The summed E-state index contributed by atoms with van der Waals surface area (Å²) in [5.74, 6) is -3.12. The molecule has 1 N–H and O–H groups in total. The molecule has 0 aliphatic heterocycles. The molecule has 0 saturated carbocycles. The van der Waals surface area contributed by atoms with Crippen LogP contribution in [0.1, 0.15) is 11.1 Å². The van der Waals surface area contributed by atoms with Crippen LogP contribution in [0.2, 0.25) is 0 Å². The van der Waals surface area contributed by atoms with Crippen molar-refractivity contribution in [2.75, 3.05) is 0 Å². The average Bonchev–Trinajstić information content (AvgIpc) is 2.25. The first-order valence-electron chi connectivity index (χ1n) is 5.53. The Hall–Kier alpha value is -1.14. The van der Waals surface area contributed by atoms with Crippen molar-refractivity contribution in [1.29, 1.82) is 0 Å². The van der Waals surface area contributed by atoms with Crippen LogP contribution >= 0.6 is 0 Å². The summed E-state index contributed by atoms with van der Waals surface area (Å²) in [6.45, 7) is 1.45. The van der Waals surface area contributed by atoms with Gasteiger partial charge in [-0.15, -0.1) is 12.1 Å². The summed E-state index contributed by atoms with van der Waals surface area (Å²) in [7, 11) is 0. The van der Waals surface area contributed by atoms with Gasteiger partial charge in [-0.3, -0.25) is 0 Å². The normalized spacial score (nSPS) is 10.9. The molecular formula is C14H9F4O2Y+2. The summed E-state index contributed by atoms with van der Waals surface area (Å²) >= 11 is 0. The second-order valence-electron chi connectivity index (χ2n) is 4.13. The number of alkyl halides is 2. The number of phenols is 1. The van der Waals surface area contributed by atoms with Gasteiger partial charge in [0.15, 0.2) is 0 Å². The first-order chi connectivity index (χ1) is 9.28. The van der Waals surface area contributed by atoms with Crippen molar-refractivity contribution >= 4 is 0 Å². The van der Waals surface area contributed by atoms with Crippen molar-refractivity contribution in [1.82, 2.24) is 0 Å². The minimum Gasteiger partial charge on any atom is -0.508 e. The molecule has 0 spiro atoms. The maximum absolute atomic E-state index is 13.8. The molecule has 0 saturated heterocycles. The molecule has 0 radical (unpaired) electrons. The number of hydrogen-bond donors (Lipinski definition) is 1. The average molecular weight is 374 g/mol. The van der Waals surface area contributed by atoms with Crippen LogP contribution in [0.15, 0.2) is 30.3 Å². The van der Waals surface area contributed by atoms with Crippen LogP contribution in [0, 0.1) is 24.6 Å². The molecule has 0 aliphatic rings. The molecule has 2 aromatic carbocycles. The van der Waals surface area contributed by atoms with E-state index in [0.717, 1.165) is 18.2 Å². The number of ether oxygens (including phenoxy) is 1. The summed E-state index contributed by atoms with van der Waals surface area (Å²) in [6.07, 6.45) is -4.00. The van der Waals surface area contributed by atoms with Crippen LogP contribution in [0.25, 0.3) is 0 Å². The number of phenolic OH excluding ortho intramolecular Hbond substituents is 1. The summed E-state index contributed by atoms with van der Waals surface area (Å²) in [5.41, 5.74) is -0.789. The Balaban J connectivity index is 0.00000220. The predicted molar refractivity (Wildman–Crippen MR) is 62.6 cm³/mol. The molecule has 0 atom stereocenters. The zero-order valence-corrected chi connectivity index (χ0v) is 13.7. The second-order valence-corrected chi connectivity index (χ2v) is 4.13. The van der Waals surface area contributed by atoms with Crippen LogP contribution in [-0.4, -0.2) is 5.11 Å². The summed E-state index contributed by atoms with van der Waals surface area (Å²) in [6, 6.07) is 6.27. The summed E-state index contributed by atoms with van der Waals surface area (Å²) in [4.78, 5) is 0. The Labute approximate surface area is 143 Å². The molecule has 0 amide bonds. The third-order valence-corrected chi connectivity index (χ3v) is 2.46. The molecule has 2 nitrogen and oxygen atoms in total. The Morgan fingerprint density at radius 3 is 2.38 bits per heavy atom. The largest absolute Gasteiger partial charge is 3.00 e. The Morgan fingerprint density at radius 2 is 1.81 bits per heavy atom. The molecule has 0 aromatic heterocycles. The van der Waals surface area contributed by atoms with Crippen molar-refractivity contribution < 1.29 is 60.1 Å². The second kappa shape index (κ2) is 6.75. The van der Waals surface area contributed by atoms with Crippen LogP contribution in [0.3, 0.4) is 0 Å². The molecule has 0 fully saturated rings. The number of halogens is 4. The van der Waals surface area contributed by atoms with E-state index in [2.05, 4.69) is 10.8 Å². The van der Waals surface area contributed by atoms with Crippen molar-refractivity contribution in [2.45, 2.75) is 13.0 Å². The van der Waals surface area contributed by atoms with Gasteiger partial charge in [0.25, 0.3) is 0 Å². The number of benzene rings is 2. The van der Waals surface area contributed by atoms with Crippen LogP contribution in [0.5, 0.6) is 11.5 Å². The predicted octanol–water partition coefficient (Wildman–Crippen LogP) is 3.90. The monoisotopic (exact) mass is 374 g/mol. The van der Waals surface area contributed by atoms with Gasteiger partial charge in [0.1, 0.15) is 17.1 Å². The zero-order valence-electron chi connectivity index (χ0n) is 10.8. The van der Waals surface area contributed by atoms with E-state index in [-0.39, 0.29) is 38.3 Å². The van der Waals surface area contributed by atoms with E-state index < -0.39 is 34.8 Å². The number of rotatable bonds is 3. The van der Waals surface area contributed by atoms with Crippen LogP contribution in [-0.2, 0) is 38.8 Å². The molecule has 0 heterocycles. The fourth-order valence-electron chi connectivity index (χ4n) is 1.64. The number of aromatic hydroxyl groups is 1. The van der Waals surface area contributed by atoms with E-state index in [4.69, 9.17) is 5.11 Å².